The predicted molar refractivity (Wildman–Crippen MR) is 66.4 cm³/mol. The Hall–Kier alpha value is -0.920. The first-order chi connectivity index (χ1) is 8.53. The molecule has 0 bridgehead atoms. The van der Waals surface area contributed by atoms with Crippen LogP contribution in [-0.2, 0) is 16.6 Å². The minimum absolute atomic E-state index is 0.0622. The number of hydrogen-bond donors (Lipinski definition) is 2. The lowest BCUT2D eigenvalue weighted by molar-refractivity contribution is 0.269. The summed E-state index contributed by atoms with van der Waals surface area (Å²) in [6, 6.07) is 0. The topological polar surface area (TPSA) is 84.2 Å². The van der Waals surface area contributed by atoms with E-state index in [9.17, 15) is 8.42 Å². The highest BCUT2D eigenvalue weighted by molar-refractivity contribution is 7.89. The van der Waals surface area contributed by atoms with Crippen LogP contribution in [0.4, 0.5) is 0 Å². The maximum Gasteiger partial charge on any atom is 0.243 e. The third kappa shape index (κ3) is 3.30. The van der Waals surface area contributed by atoms with Crippen LogP contribution in [0.2, 0.25) is 0 Å². The van der Waals surface area contributed by atoms with E-state index < -0.39 is 10.0 Å². The van der Waals surface area contributed by atoms with E-state index in [1.165, 1.54) is 29.9 Å². The van der Waals surface area contributed by atoms with Gasteiger partial charge in [-0.05, 0) is 24.7 Å². The monoisotopic (exact) mass is 273 g/mol. The summed E-state index contributed by atoms with van der Waals surface area (Å²) in [7, 11) is -3.47. The Bertz CT molecular complexity index is 493. The van der Waals surface area contributed by atoms with Crippen LogP contribution in [0, 0.1) is 11.8 Å². The van der Waals surface area contributed by atoms with Crippen molar-refractivity contribution in [2.75, 3.05) is 13.2 Å². The molecule has 0 amide bonds. The molecule has 1 heterocycles. The van der Waals surface area contributed by atoms with Crippen molar-refractivity contribution in [1.29, 1.82) is 0 Å². The second-order valence-corrected chi connectivity index (χ2v) is 6.60. The minimum Gasteiger partial charge on any atom is -0.394 e. The molecule has 2 N–H and O–H groups in total. The maximum absolute atomic E-state index is 12.0. The number of nitrogens with zero attached hydrogens (tertiary/aromatic N) is 2. The van der Waals surface area contributed by atoms with E-state index in [0.717, 1.165) is 0 Å². The molecule has 1 fully saturated rings. The molecule has 6 nitrogen and oxygen atoms in total. The maximum atomic E-state index is 12.0. The summed E-state index contributed by atoms with van der Waals surface area (Å²) < 4.78 is 28.0. The van der Waals surface area contributed by atoms with Gasteiger partial charge in [-0.2, -0.15) is 5.10 Å². The van der Waals surface area contributed by atoms with Gasteiger partial charge in [0, 0.05) is 12.7 Å². The predicted octanol–water partition coefficient (Wildman–Crippen LogP) is 0.200. The highest BCUT2D eigenvalue weighted by Crippen LogP contribution is 2.36. The summed E-state index contributed by atoms with van der Waals surface area (Å²) in [6.07, 6.45) is 5.15. The van der Waals surface area contributed by atoms with Gasteiger partial charge in [0.25, 0.3) is 0 Å². The van der Waals surface area contributed by atoms with Crippen LogP contribution in [0.5, 0.6) is 0 Å². The van der Waals surface area contributed by atoms with E-state index in [-0.39, 0.29) is 11.5 Å². The zero-order chi connectivity index (χ0) is 13.2. The third-order valence-corrected chi connectivity index (χ3v) is 4.65. The lowest BCUT2D eigenvalue weighted by Crippen LogP contribution is -2.29. The quantitative estimate of drug-likeness (QED) is 0.743. The van der Waals surface area contributed by atoms with Crippen LogP contribution >= 0.6 is 0 Å². The normalized spacial score (nSPS) is 17.9. The van der Waals surface area contributed by atoms with Gasteiger partial charge in [-0.3, -0.25) is 4.68 Å². The number of nitrogens with one attached hydrogen (secondary N) is 1. The summed E-state index contributed by atoms with van der Waals surface area (Å²) in [5.74, 6) is 1.05. The van der Waals surface area contributed by atoms with Crippen molar-refractivity contribution in [1.82, 2.24) is 14.5 Å². The average Bonchev–Trinajstić information content (AvgIpc) is 3.07. The van der Waals surface area contributed by atoms with Gasteiger partial charge in [-0.15, -0.1) is 0 Å². The molecule has 18 heavy (non-hydrogen) atoms. The van der Waals surface area contributed by atoms with E-state index in [2.05, 4.69) is 16.7 Å². The summed E-state index contributed by atoms with van der Waals surface area (Å²) in [5, 5.41) is 12.6. The Labute approximate surface area is 107 Å². The van der Waals surface area contributed by atoms with Gasteiger partial charge >= 0.3 is 0 Å². The third-order valence-electron chi connectivity index (χ3n) is 3.27. The van der Waals surface area contributed by atoms with E-state index >= 15 is 0 Å². The second-order valence-electron chi connectivity index (χ2n) is 4.83. The van der Waals surface area contributed by atoms with Crippen LogP contribution in [0.15, 0.2) is 17.3 Å². The summed E-state index contributed by atoms with van der Waals surface area (Å²) in [4.78, 5) is 0.152. The number of rotatable bonds is 7. The zero-order valence-corrected chi connectivity index (χ0v) is 11.2. The Balaban J connectivity index is 1.95. The van der Waals surface area contributed by atoms with Gasteiger partial charge < -0.3 is 5.11 Å². The first kappa shape index (κ1) is 13.5. The SMILES string of the molecule is CC(CNS(=O)(=O)c1cnn(CCO)c1)C1CC1. The second kappa shape index (κ2) is 5.38. The molecule has 1 aromatic heterocycles. The molecule has 0 spiro atoms. The van der Waals surface area contributed by atoms with Crippen molar-refractivity contribution in [3.8, 4) is 0 Å². The van der Waals surface area contributed by atoms with Crippen LogP contribution < -0.4 is 4.72 Å². The molecule has 1 atom stereocenters. The number of aliphatic hydroxyl groups is 1. The number of hydrogen-bond acceptors (Lipinski definition) is 4. The fourth-order valence-corrected chi connectivity index (χ4v) is 2.96. The number of aliphatic hydroxyl groups excluding tert-OH is 1. The molecule has 102 valence electrons. The molecular formula is C11H19N3O3S. The lowest BCUT2D eigenvalue weighted by Gasteiger charge is -2.10. The van der Waals surface area contributed by atoms with E-state index in [0.29, 0.717) is 24.9 Å². The summed E-state index contributed by atoms with van der Waals surface area (Å²) in [6.45, 7) is 2.77. The van der Waals surface area contributed by atoms with Crippen LogP contribution in [0.3, 0.4) is 0 Å². The van der Waals surface area contributed by atoms with Crippen molar-refractivity contribution >= 4 is 10.0 Å². The fourth-order valence-electron chi connectivity index (χ4n) is 1.86. The molecule has 1 aromatic rings. The molecule has 2 rings (SSSR count). The van der Waals surface area contributed by atoms with Crippen LogP contribution in [0.25, 0.3) is 0 Å². The Morgan fingerprint density at radius 3 is 2.94 bits per heavy atom. The summed E-state index contributed by atoms with van der Waals surface area (Å²) >= 11 is 0. The molecule has 0 aromatic carbocycles. The number of sulfonamides is 1. The van der Waals surface area contributed by atoms with Gasteiger partial charge in [-0.1, -0.05) is 6.92 Å². The van der Waals surface area contributed by atoms with Gasteiger partial charge in [0.05, 0.1) is 19.3 Å². The first-order valence-electron chi connectivity index (χ1n) is 6.16. The minimum atomic E-state index is -3.47. The number of aromatic nitrogens is 2. The largest absolute Gasteiger partial charge is 0.394 e. The standard InChI is InChI=1S/C11H19N3O3S/c1-9(10-2-3-10)6-13-18(16,17)11-7-12-14(8-11)4-5-15/h7-10,13,15H,2-6H2,1H3. The van der Waals surface area contributed by atoms with Crippen molar-refractivity contribution < 1.29 is 13.5 Å². The highest BCUT2D eigenvalue weighted by atomic mass is 32.2. The van der Waals surface area contributed by atoms with E-state index in [1.807, 2.05) is 0 Å². The Kier molecular flexibility index (Phi) is 4.04. The Morgan fingerprint density at radius 1 is 1.61 bits per heavy atom. The molecule has 1 saturated carbocycles. The summed E-state index contributed by atoms with van der Waals surface area (Å²) in [5.41, 5.74) is 0. The fraction of sp³-hybridized carbons (Fsp3) is 0.727. The van der Waals surface area contributed by atoms with Crippen molar-refractivity contribution in [3.63, 3.8) is 0 Å². The molecule has 0 radical (unpaired) electrons. The molecule has 7 heteroatoms. The van der Waals surface area contributed by atoms with E-state index in [1.54, 1.807) is 0 Å². The molecule has 1 unspecified atom stereocenters. The van der Waals surface area contributed by atoms with Gasteiger partial charge in [0.2, 0.25) is 10.0 Å². The first-order valence-corrected chi connectivity index (χ1v) is 7.64. The van der Waals surface area contributed by atoms with Gasteiger partial charge in [0.15, 0.2) is 0 Å². The average molecular weight is 273 g/mol. The van der Waals surface area contributed by atoms with Gasteiger partial charge in [0.1, 0.15) is 4.90 Å². The highest BCUT2D eigenvalue weighted by Gasteiger charge is 2.29. The van der Waals surface area contributed by atoms with Crippen LogP contribution in [-0.4, -0.2) is 36.5 Å². The van der Waals surface area contributed by atoms with E-state index in [4.69, 9.17) is 5.11 Å². The molecule has 0 saturated heterocycles. The van der Waals surface area contributed by atoms with Crippen molar-refractivity contribution in [3.05, 3.63) is 12.4 Å². The van der Waals surface area contributed by atoms with Gasteiger partial charge in [-0.25, -0.2) is 13.1 Å². The molecule has 1 aliphatic rings. The molecule has 0 aliphatic heterocycles. The lowest BCUT2D eigenvalue weighted by atomic mass is 10.1. The van der Waals surface area contributed by atoms with Crippen molar-refractivity contribution in [2.45, 2.75) is 31.2 Å². The Morgan fingerprint density at radius 2 is 2.33 bits per heavy atom. The molecule has 1 aliphatic carbocycles. The van der Waals surface area contributed by atoms with Crippen LogP contribution in [0.1, 0.15) is 19.8 Å². The molecular weight excluding hydrogens is 254 g/mol. The zero-order valence-electron chi connectivity index (χ0n) is 10.4. The van der Waals surface area contributed by atoms with Crippen molar-refractivity contribution in [2.24, 2.45) is 11.8 Å². The smallest absolute Gasteiger partial charge is 0.243 e.